The van der Waals surface area contributed by atoms with E-state index in [4.69, 9.17) is 4.74 Å². The summed E-state index contributed by atoms with van der Waals surface area (Å²) in [4.78, 5) is 17.5. The fourth-order valence-corrected chi connectivity index (χ4v) is 3.21. The number of aryl methyl sites for hydroxylation is 1. The fourth-order valence-electron chi connectivity index (χ4n) is 3.21. The molecule has 1 aliphatic carbocycles. The van der Waals surface area contributed by atoms with E-state index in [-0.39, 0.29) is 0 Å². The van der Waals surface area contributed by atoms with Gasteiger partial charge >= 0.3 is 0 Å². The van der Waals surface area contributed by atoms with Gasteiger partial charge in [0.1, 0.15) is 18.4 Å². The number of aromatic nitrogens is 4. The van der Waals surface area contributed by atoms with Gasteiger partial charge in [-0.3, -0.25) is 9.97 Å². The van der Waals surface area contributed by atoms with Gasteiger partial charge in [0.15, 0.2) is 5.69 Å². The van der Waals surface area contributed by atoms with Gasteiger partial charge in [-0.05, 0) is 43.4 Å². The highest BCUT2D eigenvalue weighted by Gasteiger charge is 2.21. The standard InChI is InChI=1S/C20H17N5O/c21-12-18-20(24-10-9-23-18)16-11-19(25-17-7-2-1-6-15(16)17)26-13-14-5-3-4-8-22-14/h3-5,8-11H,1-2,6-7,13H2. The van der Waals surface area contributed by atoms with Crippen molar-refractivity contribution in [3.8, 4) is 23.2 Å². The average molecular weight is 343 g/mol. The molecule has 0 amide bonds. The molecule has 128 valence electrons. The van der Waals surface area contributed by atoms with Crippen LogP contribution in [0.5, 0.6) is 5.88 Å². The molecule has 6 heteroatoms. The minimum Gasteiger partial charge on any atom is -0.471 e. The van der Waals surface area contributed by atoms with Crippen LogP contribution in [0.25, 0.3) is 11.3 Å². The maximum absolute atomic E-state index is 9.40. The molecular formula is C20H17N5O. The van der Waals surface area contributed by atoms with Gasteiger partial charge in [-0.25, -0.2) is 9.97 Å². The Kier molecular flexibility index (Phi) is 4.52. The molecule has 0 N–H and O–H groups in total. The third-order valence-corrected chi connectivity index (χ3v) is 4.43. The van der Waals surface area contributed by atoms with E-state index in [9.17, 15) is 5.26 Å². The molecule has 0 fully saturated rings. The Morgan fingerprint density at radius 3 is 2.77 bits per heavy atom. The van der Waals surface area contributed by atoms with Crippen LogP contribution in [0.15, 0.2) is 42.9 Å². The van der Waals surface area contributed by atoms with E-state index in [1.165, 1.54) is 6.20 Å². The predicted molar refractivity (Wildman–Crippen MR) is 95.2 cm³/mol. The van der Waals surface area contributed by atoms with Gasteiger partial charge < -0.3 is 4.74 Å². The molecule has 3 heterocycles. The number of rotatable bonds is 4. The van der Waals surface area contributed by atoms with Gasteiger partial charge in [-0.2, -0.15) is 5.26 Å². The zero-order valence-electron chi connectivity index (χ0n) is 14.2. The van der Waals surface area contributed by atoms with Gasteiger partial charge in [-0.1, -0.05) is 6.07 Å². The van der Waals surface area contributed by atoms with E-state index in [0.717, 1.165) is 48.2 Å². The van der Waals surface area contributed by atoms with Crippen LogP contribution in [0.3, 0.4) is 0 Å². The van der Waals surface area contributed by atoms with E-state index < -0.39 is 0 Å². The number of hydrogen-bond acceptors (Lipinski definition) is 6. The van der Waals surface area contributed by atoms with Crippen molar-refractivity contribution >= 4 is 0 Å². The van der Waals surface area contributed by atoms with E-state index in [2.05, 4.69) is 26.0 Å². The van der Waals surface area contributed by atoms with E-state index >= 15 is 0 Å². The minimum absolute atomic E-state index is 0.321. The third-order valence-electron chi connectivity index (χ3n) is 4.43. The molecule has 0 saturated heterocycles. The van der Waals surface area contributed by atoms with Gasteiger partial charge in [0.2, 0.25) is 5.88 Å². The summed E-state index contributed by atoms with van der Waals surface area (Å²) in [6.07, 6.45) is 8.94. The van der Waals surface area contributed by atoms with Crippen LogP contribution >= 0.6 is 0 Å². The van der Waals surface area contributed by atoms with E-state index in [0.29, 0.717) is 23.9 Å². The molecule has 0 saturated carbocycles. The maximum Gasteiger partial charge on any atom is 0.214 e. The van der Waals surface area contributed by atoms with Crippen LogP contribution in [-0.2, 0) is 19.4 Å². The summed E-state index contributed by atoms with van der Waals surface area (Å²) in [5, 5.41) is 9.40. The molecule has 0 spiro atoms. The first-order chi connectivity index (χ1) is 12.8. The van der Waals surface area contributed by atoms with Crippen molar-refractivity contribution in [3.05, 3.63) is 65.5 Å². The van der Waals surface area contributed by atoms with Gasteiger partial charge in [-0.15, -0.1) is 0 Å². The fraction of sp³-hybridized carbons (Fsp3) is 0.250. The Labute approximate surface area is 151 Å². The summed E-state index contributed by atoms with van der Waals surface area (Å²) in [6.45, 7) is 0.345. The SMILES string of the molecule is N#Cc1nccnc1-c1cc(OCc2ccccn2)nc2c1CCCC2. The Morgan fingerprint density at radius 1 is 1.04 bits per heavy atom. The zero-order valence-corrected chi connectivity index (χ0v) is 14.2. The Balaban J connectivity index is 1.74. The number of fused-ring (bicyclic) bond motifs is 1. The van der Waals surface area contributed by atoms with Crippen molar-refractivity contribution in [1.82, 2.24) is 19.9 Å². The molecule has 26 heavy (non-hydrogen) atoms. The summed E-state index contributed by atoms with van der Waals surface area (Å²) in [6, 6.07) is 9.72. The van der Waals surface area contributed by atoms with Crippen molar-refractivity contribution in [3.63, 3.8) is 0 Å². The average Bonchev–Trinajstić information content (AvgIpc) is 2.72. The lowest BCUT2D eigenvalue weighted by atomic mass is 9.90. The highest BCUT2D eigenvalue weighted by Crippen LogP contribution is 2.33. The summed E-state index contributed by atoms with van der Waals surface area (Å²) >= 11 is 0. The quantitative estimate of drug-likeness (QED) is 0.723. The van der Waals surface area contributed by atoms with Crippen LogP contribution in [-0.4, -0.2) is 19.9 Å². The lowest BCUT2D eigenvalue weighted by Gasteiger charge is -2.20. The lowest BCUT2D eigenvalue weighted by Crippen LogP contribution is -2.10. The monoisotopic (exact) mass is 343 g/mol. The molecule has 3 aromatic rings. The van der Waals surface area contributed by atoms with E-state index in [1.807, 2.05) is 24.3 Å². The van der Waals surface area contributed by atoms with Crippen LogP contribution in [0, 0.1) is 11.3 Å². The topological polar surface area (TPSA) is 84.6 Å². The van der Waals surface area contributed by atoms with Crippen LogP contribution < -0.4 is 4.74 Å². The summed E-state index contributed by atoms with van der Waals surface area (Å²) in [5.41, 5.74) is 4.83. The predicted octanol–water partition coefficient (Wildman–Crippen LogP) is 3.26. The third kappa shape index (κ3) is 3.24. The highest BCUT2D eigenvalue weighted by atomic mass is 16.5. The number of nitriles is 1. The molecule has 0 bridgehead atoms. The van der Waals surface area contributed by atoms with Crippen molar-refractivity contribution in [2.24, 2.45) is 0 Å². The number of pyridine rings is 2. The van der Waals surface area contributed by atoms with Crippen molar-refractivity contribution in [2.45, 2.75) is 32.3 Å². The van der Waals surface area contributed by atoms with Crippen molar-refractivity contribution < 1.29 is 4.74 Å². The van der Waals surface area contributed by atoms with Gasteiger partial charge in [0.05, 0.1) is 5.69 Å². The Hall–Kier alpha value is -3.33. The van der Waals surface area contributed by atoms with Crippen molar-refractivity contribution in [2.75, 3.05) is 0 Å². The molecule has 1 aliphatic rings. The van der Waals surface area contributed by atoms with Crippen LogP contribution in [0.1, 0.15) is 35.5 Å². The number of ether oxygens (including phenoxy) is 1. The first-order valence-corrected chi connectivity index (χ1v) is 8.62. The molecule has 0 aromatic carbocycles. The first-order valence-electron chi connectivity index (χ1n) is 8.62. The van der Waals surface area contributed by atoms with Crippen molar-refractivity contribution in [1.29, 1.82) is 5.26 Å². The molecular weight excluding hydrogens is 326 g/mol. The maximum atomic E-state index is 9.40. The zero-order chi connectivity index (χ0) is 17.8. The summed E-state index contributed by atoms with van der Waals surface area (Å²) in [7, 11) is 0. The molecule has 4 rings (SSSR count). The molecule has 0 radical (unpaired) electrons. The molecule has 0 unspecified atom stereocenters. The number of hydrogen-bond donors (Lipinski definition) is 0. The molecule has 6 nitrogen and oxygen atoms in total. The van der Waals surface area contributed by atoms with Gasteiger partial charge in [0.25, 0.3) is 0 Å². The summed E-state index contributed by atoms with van der Waals surface area (Å²) in [5.74, 6) is 0.529. The Bertz CT molecular complexity index is 966. The van der Waals surface area contributed by atoms with E-state index in [1.54, 1.807) is 12.4 Å². The van der Waals surface area contributed by atoms with Crippen LogP contribution in [0.2, 0.25) is 0 Å². The minimum atomic E-state index is 0.321. The second-order valence-corrected chi connectivity index (χ2v) is 6.12. The largest absolute Gasteiger partial charge is 0.471 e. The Morgan fingerprint density at radius 2 is 1.92 bits per heavy atom. The molecule has 0 atom stereocenters. The second-order valence-electron chi connectivity index (χ2n) is 6.12. The smallest absolute Gasteiger partial charge is 0.214 e. The normalized spacial score (nSPS) is 12.9. The highest BCUT2D eigenvalue weighted by molar-refractivity contribution is 5.70. The van der Waals surface area contributed by atoms with Gasteiger partial charge in [0, 0.05) is 35.9 Å². The molecule has 3 aromatic heterocycles. The molecule has 0 aliphatic heterocycles. The van der Waals surface area contributed by atoms with Crippen LogP contribution in [0.4, 0.5) is 0 Å². The number of nitrogens with zero attached hydrogens (tertiary/aromatic N) is 5. The first kappa shape index (κ1) is 16.2. The lowest BCUT2D eigenvalue weighted by molar-refractivity contribution is 0.288. The second kappa shape index (κ2) is 7.28. The summed E-state index contributed by atoms with van der Waals surface area (Å²) < 4.78 is 5.89.